The topological polar surface area (TPSA) is 30.7 Å². The predicted octanol–water partition coefficient (Wildman–Crippen LogP) is 3.43. The second kappa shape index (κ2) is 6.00. The largest absolute Gasteiger partial charge is 0.306 e. The second-order valence-electron chi connectivity index (χ2n) is 4.06. The fourth-order valence-corrected chi connectivity index (χ4v) is 2.70. The molecule has 0 saturated carbocycles. The van der Waals surface area contributed by atoms with Gasteiger partial charge in [-0.2, -0.15) is 0 Å². The molecule has 1 aromatic heterocycles. The lowest BCUT2D eigenvalue weighted by molar-refractivity contribution is 0.604. The number of benzene rings is 1. The molecule has 0 saturated heterocycles. The number of aromatic nitrogens is 3. The van der Waals surface area contributed by atoms with E-state index < -0.39 is 0 Å². The smallest absolute Gasteiger partial charge is 0.191 e. The van der Waals surface area contributed by atoms with Crippen molar-refractivity contribution in [2.75, 3.05) is 0 Å². The van der Waals surface area contributed by atoms with Gasteiger partial charge in [0.2, 0.25) is 0 Å². The summed E-state index contributed by atoms with van der Waals surface area (Å²) in [5.74, 6) is 1.32. The van der Waals surface area contributed by atoms with Gasteiger partial charge in [-0.3, -0.25) is 0 Å². The van der Waals surface area contributed by atoms with Crippen molar-refractivity contribution in [2.45, 2.75) is 37.7 Å². The van der Waals surface area contributed by atoms with Crippen LogP contribution in [0.2, 0.25) is 0 Å². The van der Waals surface area contributed by atoms with Gasteiger partial charge in [-0.25, -0.2) is 4.39 Å². The number of hydrogen-bond donors (Lipinski definition) is 0. The summed E-state index contributed by atoms with van der Waals surface area (Å²) in [4.78, 5) is 0. The molecular weight excluding hydrogens is 249 g/mol. The minimum Gasteiger partial charge on any atom is -0.306 e. The number of hydrogen-bond acceptors (Lipinski definition) is 3. The van der Waals surface area contributed by atoms with Gasteiger partial charge in [-0.05, 0) is 25.0 Å². The first-order chi connectivity index (χ1) is 8.72. The van der Waals surface area contributed by atoms with Gasteiger partial charge in [-0.15, -0.1) is 10.2 Å². The van der Waals surface area contributed by atoms with Crippen LogP contribution in [0.1, 0.15) is 24.7 Å². The van der Waals surface area contributed by atoms with Crippen molar-refractivity contribution in [1.82, 2.24) is 14.8 Å². The standard InChI is InChI=1S/C13H16FN3S/c1-3-8-17-10(2)15-16-13(17)18-9-11-6-4-5-7-12(11)14/h4-7H,3,8-9H2,1-2H3. The Bertz CT molecular complexity index is 525. The van der Waals surface area contributed by atoms with Crippen molar-refractivity contribution in [1.29, 1.82) is 0 Å². The molecule has 0 bridgehead atoms. The number of nitrogens with zero attached hydrogens (tertiary/aromatic N) is 3. The molecule has 0 aliphatic rings. The number of halogens is 1. The lowest BCUT2D eigenvalue weighted by Gasteiger charge is -2.06. The average Bonchev–Trinajstić information content (AvgIpc) is 2.71. The van der Waals surface area contributed by atoms with Crippen LogP contribution in [0.3, 0.4) is 0 Å². The summed E-state index contributed by atoms with van der Waals surface area (Å²) >= 11 is 1.52. The molecule has 0 aliphatic carbocycles. The molecule has 0 atom stereocenters. The van der Waals surface area contributed by atoms with E-state index in [4.69, 9.17) is 0 Å². The summed E-state index contributed by atoms with van der Waals surface area (Å²) in [6, 6.07) is 6.84. The Morgan fingerprint density at radius 1 is 1.28 bits per heavy atom. The fraction of sp³-hybridized carbons (Fsp3) is 0.385. The molecule has 1 aromatic carbocycles. The van der Waals surface area contributed by atoms with E-state index in [-0.39, 0.29) is 5.82 Å². The molecule has 96 valence electrons. The van der Waals surface area contributed by atoms with Crippen LogP contribution in [-0.2, 0) is 12.3 Å². The van der Waals surface area contributed by atoms with Crippen LogP contribution >= 0.6 is 11.8 Å². The van der Waals surface area contributed by atoms with E-state index in [1.165, 1.54) is 17.8 Å². The summed E-state index contributed by atoms with van der Waals surface area (Å²) in [5, 5.41) is 9.06. The van der Waals surface area contributed by atoms with Crippen LogP contribution in [0.5, 0.6) is 0 Å². The average molecular weight is 265 g/mol. The third-order valence-electron chi connectivity index (χ3n) is 2.66. The summed E-state index contributed by atoms with van der Waals surface area (Å²) < 4.78 is 15.6. The Morgan fingerprint density at radius 3 is 2.78 bits per heavy atom. The minimum atomic E-state index is -0.164. The molecule has 0 aliphatic heterocycles. The van der Waals surface area contributed by atoms with E-state index in [2.05, 4.69) is 21.7 Å². The molecule has 5 heteroatoms. The highest BCUT2D eigenvalue weighted by molar-refractivity contribution is 7.98. The zero-order chi connectivity index (χ0) is 13.0. The monoisotopic (exact) mass is 265 g/mol. The van der Waals surface area contributed by atoms with Crippen LogP contribution in [0, 0.1) is 12.7 Å². The van der Waals surface area contributed by atoms with Gasteiger partial charge in [0.05, 0.1) is 0 Å². The SMILES string of the molecule is CCCn1c(C)nnc1SCc1ccccc1F. The van der Waals surface area contributed by atoms with E-state index in [1.54, 1.807) is 12.1 Å². The van der Waals surface area contributed by atoms with E-state index in [0.29, 0.717) is 11.3 Å². The summed E-state index contributed by atoms with van der Waals surface area (Å²) in [7, 11) is 0. The Hall–Kier alpha value is -1.36. The van der Waals surface area contributed by atoms with E-state index in [0.717, 1.165) is 23.9 Å². The molecule has 18 heavy (non-hydrogen) atoms. The maximum Gasteiger partial charge on any atom is 0.191 e. The Labute approximate surface area is 110 Å². The minimum absolute atomic E-state index is 0.164. The third-order valence-corrected chi connectivity index (χ3v) is 3.68. The number of thioether (sulfide) groups is 1. The highest BCUT2D eigenvalue weighted by atomic mass is 32.2. The van der Waals surface area contributed by atoms with Gasteiger partial charge >= 0.3 is 0 Å². The highest BCUT2D eigenvalue weighted by Gasteiger charge is 2.09. The fourth-order valence-electron chi connectivity index (χ4n) is 1.71. The van der Waals surface area contributed by atoms with Gasteiger partial charge in [0.15, 0.2) is 5.16 Å². The Morgan fingerprint density at radius 2 is 2.06 bits per heavy atom. The Kier molecular flexibility index (Phi) is 4.36. The van der Waals surface area contributed by atoms with E-state index in [9.17, 15) is 4.39 Å². The molecule has 1 heterocycles. The summed E-state index contributed by atoms with van der Waals surface area (Å²) in [5.41, 5.74) is 0.700. The van der Waals surface area contributed by atoms with Crippen molar-refractivity contribution in [2.24, 2.45) is 0 Å². The zero-order valence-corrected chi connectivity index (χ0v) is 11.4. The molecule has 0 spiro atoms. The number of rotatable bonds is 5. The molecule has 2 aromatic rings. The highest BCUT2D eigenvalue weighted by Crippen LogP contribution is 2.23. The Balaban J connectivity index is 2.09. The maximum absolute atomic E-state index is 13.5. The molecule has 0 amide bonds. The molecular formula is C13H16FN3S. The molecule has 0 unspecified atom stereocenters. The quantitative estimate of drug-likeness (QED) is 0.776. The van der Waals surface area contributed by atoms with Gasteiger partial charge in [-0.1, -0.05) is 36.9 Å². The first-order valence-electron chi connectivity index (χ1n) is 5.98. The van der Waals surface area contributed by atoms with Gasteiger partial charge in [0.25, 0.3) is 0 Å². The molecule has 0 radical (unpaired) electrons. The zero-order valence-electron chi connectivity index (χ0n) is 10.6. The lowest BCUT2D eigenvalue weighted by atomic mass is 10.2. The normalized spacial score (nSPS) is 10.8. The van der Waals surface area contributed by atoms with Crippen molar-refractivity contribution >= 4 is 11.8 Å². The van der Waals surface area contributed by atoms with E-state index >= 15 is 0 Å². The summed E-state index contributed by atoms with van der Waals surface area (Å²) in [6.07, 6.45) is 1.03. The van der Waals surface area contributed by atoms with Crippen LogP contribution in [0.15, 0.2) is 29.4 Å². The van der Waals surface area contributed by atoms with Crippen molar-refractivity contribution in [3.63, 3.8) is 0 Å². The first kappa shape index (κ1) is 13.1. The van der Waals surface area contributed by atoms with Gasteiger partial charge < -0.3 is 4.57 Å². The van der Waals surface area contributed by atoms with Gasteiger partial charge in [0.1, 0.15) is 11.6 Å². The number of aryl methyl sites for hydroxylation is 1. The summed E-state index contributed by atoms with van der Waals surface area (Å²) in [6.45, 7) is 4.96. The third kappa shape index (κ3) is 2.90. The van der Waals surface area contributed by atoms with Crippen LogP contribution in [0.4, 0.5) is 4.39 Å². The van der Waals surface area contributed by atoms with Crippen molar-refractivity contribution < 1.29 is 4.39 Å². The lowest BCUT2D eigenvalue weighted by Crippen LogP contribution is -2.01. The predicted molar refractivity (Wildman–Crippen MR) is 71.0 cm³/mol. The molecule has 0 N–H and O–H groups in total. The van der Waals surface area contributed by atoms with Gasteiger partial charge in [0, 0.05) is 12.3 Å². The van der Waals surface area contributed by atoms with Crippen LogP contribution in [0.25, 0.3) is 0 Å². The molecule has 3 nitrogen and oxygen atoms in total. The van der Waals surface area contributed by atoms with Crippen LogP contribution < -0.4 is 0 Å². The maximum atomic E-state index is 13.5. The molecule has 2 rings (SSSR count). The first-order valence-corrected chi connectivity index (χ1v) is 6.97. The van der Waals surface area contributed by atoms with Crippen LogP contribution in [-0.4, -0.2) is 14.8 Å². The van der Waals surface area contributed by atoms with Crippen molar-refractivity contribution in [3.8, 4) is 0 Å². The van der Waals surface area contributed by atoms with Crippen molar-refractivity contribution in [3.05, 3.63) is 41.5 Å². The second-order valence-corrected chi connectivity index (χ2v) is 5.00. The van der Waals surface area contributed by atoms with E-state index in [1.807, 2.05) is 13.0 Å². The molecule has 0 fully saturated rings.